The number of rotatable bonds is 2. The number of primary sulfonamides is 1. The second-order valence-electron chi connectivity index (χ2n) is 4.86. The van der Waals surface area contributed by atoms with Gasteiger partial charge in [0.25, 0.3) is 5.91 Å². The molecule has 1 heterocycles. The molecule has 5 nitrogen and oxygen atoms in total. The lowest BCUT2D eigenvalue weighted by atomic mass is 10.1. The van der Waals surface area contributed by atoms with Gasteiger partial charge in [-0.05, 0) is 25.0 Å². The van der Waals surface area contributed by atoms with E-state index in [0.717, 1.165) is 4.90 Å². The normalized spacial score (nSPS) is 19.6. The zero-order valence-electron chi connectivity index (χ0n) is 10.9. The molecule has 0 radical (unpaired) electrons. The van der Waals surface area contributed by atoms with E-state index in [4.69, 9.17) is 5.14 Å². The molecule has 2 rings (SSSR count). The summed E-state index contributed by atoms with van der Waals surface area (Å²) in [6.45, 7) is 0.0871. The largest absolute Gasteiger partial charge is 0.337 e. The first-order valence-corrected chi connectivity index (χ1v) is 7.76. The Hall–Kier alpha value is -1.61. The number of likely N-dealkylation sites (tertiary alicyclic amines) is 1. The molecule has 0 spiro atoms. The van der Waals surface area contributed by atoms with Gasteiger partial charge in [-0.1, -0.05) is 0 Å². The Balaban J connectivity index is 2.24. The van der Waals surface area contributed by atoms with Crippen LogP contribution in [0.5, 0.6) is 0 Å². The molecule has 1 saturated heterocycles. The topological polar surface area (TPSA) is 80.5 Å². The molecule has 2 N–H and O–H groups in total. The second-order valence-corrected chi connectivity index (χ2v) is 6.70. The van der Waals surface area contributed by atoms with Gasteiger partial charge < -0.3 is 4.90 Å². The molecular weight excluding hydrogens is 309 g/mol. The summed E-state index contributed by atoms with van der Waals surface area (Å²) in [6.07, 6.45) is 0.716. The van der Waals surface area contributed by atoms with Crippen LogP contribution < -0.4 is 5.14 Å². The Morgan fingerprint density at radius 2 is 1.81 bits per heavy atom. The van der Waals surface area contributed by atoms with Crippen LogP contribution in [0.15, 0.2) is 12.1 Å². The number of halogens is 3. The van der Waals surface area contributed by atoms with Gasteiger partial charge in [-0.15, -0.1) is 0 Å². The first-order chi connectivity index (χ1) is 9.70. The van der Waals surface area contributed by atoms with E-state index < -0.39 is 38.6 Å². The van der Waals surface area contributed by atoms with Crippen molar-refractivity contribution in [2.75, 3.05) is 13.1 Å². The SMILES string of the molecule is NS(=O)(=O)C1CCCN(C(=O)c2cc(F)c(F)c(F)c2)C1. The minimum atomic E-state index is -3.80. The van der Waals surface area contributed by atoms with Gasteiger partial charge in [0.2, 0.25) is 10.0 Å². The first kappa shape index (κ1) is 15.8. The van der Waals surface area contributed by atoms with Gasteiger partial charge in [0, 0.05) is 18.7 Å². The average Bonchev–Trinajstić information content (AvgIpc) is 2.42. The number of hydrogen-bond donors (Lipinski definition) is 1. The molecule has 1 aliphatic heterocycles. The van der Waals surface area contributed by atoms with Crippen LogP contribution in [0.4, 0.5) is 13.2 Å². The highest BCUT2D eigenvalue weighted by Crippen LogP contribution is 2.20. The lowest BCUT2D eigenvalue weighted by Crippen LogP contribution is -2.47. The lowest BCUT2D eigenvalue weighted by molar-refractivity contribution is 0.0725. The Kier molecular flexibility index (Phi) is 4.24. The van der Waals surface area contributed by atoms with Gasteiger partial charge in [0.1, 0.15) is 0 Å². The van der Waals surface area contributed by atoms with Crippen molar-refractivity contribution in [2.45, 2.75) is 18.1 Å². The number of piperidine rings is 1. The van der Waals surface area contributed by atoms with Gasteiger partial charge in [0.15, 0.2) is 17.5 Å². The Morgan fingerprint density at radius 3 is 2.33 bits per heavy atom. The molecule has 1 aliphatic rings. The number of carbonyl (C=O) groups is 1. The maximum absolute atomic E-state index is 13.1. The van der Waals surface area contributed by atoms with Crippen molar-refractivity contribution in [2.24, 2.45) is 5.14 Å². The second kappa shape index (κ2) is 5.64. The summed E-state index contributed by atoms with van der Waals surface area (Å²) in [5.41, 5.74) is -0.374. The van der Waals surface area contributed by atoms with Crippen LogP contribution in [-0.4, -0.2) is 37.6 Å². The zero-order valence-corrected chi connectivity index (χ0v) is 11.7. The molecule has 0 bridgehead atoms. The number of amides is 1. The van der Waals surface area contributed by atoms with Crippen molar-refractivity contribution >= 4 is 15.9 Å². The summed E-state index contributed by atoms with van der Waals surface area (Å²) in [5.74, 6) is -5.37. The third-order valence-corrected chi connectivity index (χ3v) is 4.67. The molecule has 0 aliphatic carbocycles. The van der Waals surface area contributed by atoms with E-state index in [1.165, 1.54) is 0 Å². The van der Waals surface area contributed by atoms with Gasteiger partial charge in [-0.3, -0.25) is 4.79 Å². The standard InChI is InChI=1S/C12H13F3N2O3S/c13-9-4-7(5-10(14)11(9)15)12(18)17-3-1-2-8(6-17)21(16,19)20/h4-5,8H,1-3,6H2,(H2,16,19,20). The Bertz CT molecular complexity index is 655. The summed E-state index contributed by atoms with van der Waals surface area (Å²) < 4.78 is 61.8. The molecule has 1 aromatic rings. The molecule has 21 heavy (non-hydrogen) atoms. The van der Waals surface area contributed by atoms with Crippen LogP contribution in [0, 0.1) is 17.5 Å². The van der Waals surface area contributed by atoms with Gasteiger partial charge in [0.05, 0.1) is 5.25 Å². The van der Waals surface area contributed by atoms with E-state index in [0.29, 0.717) is 25.0 Å². The number of hydrogen-bond acceptors (Lipinski definition) is 3. The quantitative estimate of drug-likeness (QED) is 0.825. The molecule has 1 aromatic carbocycles. The fraction of sp³-hybridized carbons (Fsp3) is 0.417. The molecule has 1 amide bonds. The van der Waals surface area contributed by atoms with Crippen LogP contribution in [0.1, 0.15) is 23.2 Å². The zero-order chi connectivity index (χ0) is 15.8. The molecule has 116 valence electrons. The summed E-state index contributed by atoms with van der Waals surface area (Å²) in [7, 11) is -3.80. The maximum atomic E-state index is 13.1. The van der Waals surface area contributed by atoms with E-state index in [-0.39, 0.29) is 18.7 Å². The fourth-order valence-corrected chi connectivity index (χ4v) is 3.14. The third-order valence-electron chi connectivity index (χ3n) is 3.36. The van der Waals surface area contributed by atoms with Crippen molar-refractivity contribution in [3.05, 3.63) is 35.1 Å². The van der Waals surface area contributed by atoms with Crippen LogP contribution in [0.3, 0.4) is 0 Å². The minimum absolute atomic E-state index is 0.154. The molecule has 1 fully saturated rings. The van der Waals surface area contributed by atoms with E-state index in [1.54, 1.807) is 0 Å². The van der Waals surface area contributed by atoms with Crippen molar-refractivity contribution < 1.29 is 26.4 Å². The predicted octanol–water partition coefficient (Wildman–Crippen LogP) is 0.997. The molecule has 1 unspecified atom stereocenters. The van der Waals surface area contributed by atoms with Crippen molar-refractivity contribution in [3.8, 4) is 0 Å². The van der Waals surface area contributed by atoms with E-state index in [1.807, 2.05) is 0 Å². The van der Waals surface area contributed by atoms with Crippen LogP contribution in [0.2, 0.25) is 0 Å². The average molecular weight is 322 g/mol. The van der Waals surface area contributed by atoms with Gasteiger partial charge >= 0.3 is 0 Å². The molecule has 1 atom stereocenters. The van der Waals surface area contributed by atoms with Gasteiger partial charge in [-0.25, -0.2) is 26.7 Å². The first-order valence-electron chi connectivity index (χ1n) is 6.15. The maximum Gasteiger partial charge on any atom is 0.254 e. The number of benzene rings is 1. The summed E-state index contributed by atoms with van der Waals surface area (Å²) in [6, 6.07) is 1.17. The highest BCUT2D eigenvalue weighted by Gasteiger charge is 2.31. The Labute approximate surface area is 119 Å². The van der Waals surface area contributed by atoms with Crippen molar-refractivity contribution in [1.82, 2.24) is 4.90 Å². The summed E-state index contributed by atoms with van der Waals surface area (Å²) >= 11 is 0. The number of carbonyl (C=O) groups excluding carboxylic acids is 1. The molecule has 0 saturated carbocycles. The fourth-order valence-electron chi connectivity index (χ4n) is 2.25. The highest BCUT2D eigenvalue weighted by molar-refractivity contribution is 7.89. The van der Waals surface area contributed by atoms with Crippen molar-refractivity contribution in [1.29, 1.82) is 0 Å². The van der Waals surface area contributed by atoms with Crippen molar-refractivity contribution in [3.63, 3.8) is 0 Å². The highest BCUT2D eigenvalue weighted by atomic mass is 32.2. The molecule has 0 aromatic heterocycles. The van der Waals surface area contributed by atoms with E-state index in [9.17, 15) is 26.4 Å². The minimum Gasteiger partial charge on any atom is -0.337 e. The number of sulfonamides is 1. The van der Waals surface area contributed by atoms with E-state index >= 15 is 0 Å². The van der Waals surface area contributed by atoms with Gasteiger partial charge in [-0.2, -0.15) is 0 Å². The summed E-state index contributed by atoms with van der Waals surface area (Å²) in [5, 5.41) is 4.13. The number of nitrogens with two attached hydrogens (primary N) is 1. The smallest absolute Gasteiger partial charge is 0.254 e. The third kappa shape index (κ3) is 3.35. The Morgan fingerprint density at radius 1 is 1.24 bits per heavy atom. The lowest BCUT2D eigenvalue weighted by Gasteiger charge is -2.31. The molecule has 9 heteroatoms. The van der Waals surface area contributed by atoms with Crippen LogP contribution in [0.25, 0.3) is 0 Å². The number of nitrogens with zero attached hydrogens (tertiary/aromatic N) is 1. The van der Waals surface area contributed by atoms with E-state index in [2.05, 4.69) is 0 Å². The van der Waals surface area contributed by atoms with Crippen LogP contribution >= 0.6 is 0 Å². The predicted molar refractivity (Wildman–Crippen MR) is 68.3 cm³/mol. The van der Waals surface area contributed by atoms with Crippen LogP contribution in [-0.2, 0) is 10.0 Å². The molecular formula is C12H13F3N2O3S. The summed E-state index contributed by atoms with van der Waals surface area (Å²) in [4.78, 5) is 13.3. The monoisotopic (exact) mass is 322 g/mol.